The Kier molecular flexibility index (Phi) is 6.12. The predicted molar refractivity (Wildman–Crippen MR) is 114 cm³/mol. The molecule has 0 saturated carbocycles. The zero-order chi connectivity index (χ0) is 19.4. The van der Waals surface area contributed by atoms with E-state index in [1.165, 1.54) is 16.7 Å². The summed E-state index contributed by atoms with van der Waals surface area (Å²) in [6.45, 7) is 10.1. The molecule has 1 heterocycles. The zero-order valence-electron chi connectivity index (χ0n) is 16.8. The van der Waals surface area contributed by atoms with Crippen LogP contribution in [-0.4, -0.2) is 29.9 Å². The molecule has 0 unspecified atom stereocenters. The van der Waals surface area contributed by atoms with Gasteiger partial charge in [0, 0.05) is 18.8 Å². The molecule has 2 aromatic carbocycles. The van der Waals surface area contributed by atoms with Crippen LogP contribution in [0.2, 0.25) is 0 Å². The van der Waals surface area contributed by atoms with Gasteiger partial charge in [-0.25, -0.2) is 0 Å². The van der Waals surface area contributed by atoms with Crippen LogP contribution in [0.5, 0.6) is 0 Å². The molecular formula is C24H30N2O. The van der Waals surface area contributed by atoms with Crippen LogP contribution < -0.4 is 5.32 Å². The second-order valence-corrected chi connectivity index (χ2v) is 7.70. The van der Waals surface area contributed by atoms with E-state index in [1.54, 1.807) is 0 Å². The van der Waals surface area contributed by atoms with Gasteiger partial charge in [0.15, 0.2) is 0 Å². The van der Waals surface area contributed by atoms with E-state index in [2.05, 4.69) is 79.5 Å². The quantitative estimate of drug-likeness (QED) is 0.789. The van der Waals surface area contributed by atoms with Crippen LogP contribution in [0.1, 0.15) is 49.8 Å². The summed E-state index contributed by atoms with van der Waals surface area (Å²) in [5, 5.41) is 3.20. The van der Waals surface area contributed by atoms with E-state index in [4.69, 9.17) is 0 Å². The van der Waals surface area contributed by atoms with Gasteiger partial charge in [0.05, 0.1) is 6.04 Å². The van der Waals surface area contributed by atoms with E-state index in [-0.39, 0.29) is 11.9 Å². The van der Waals surface area contributed by atoms with Gasteiger partial charge in [0.1, 0.15) is 0 Å². The Morgan fingerprint density at radius 1 is 1.04 bits per heavy atom. The van der Waals surface area contributed by atoms with Gasteiger partial charge in [-0.2, -0.15) is 0 Å². The monoisotopic (exact) mass is 362 g/mol. The summed E-state index contributed by atoms with van der Waals surface area (Å²) in [7, 11) is 0. The lowest BCUT2D eigenvalue weighted by atomic mass is 9.97. The number of amides is 1. The highest BCUT2D eigenvalue weighted by Gasteiger charge is 2.24. The van der Waals surface area contributed by atoms with Crippen LogP contribution in [0.25, 0.3) is 5.57 Å². The summed E-state index contributed by atoms with van der Waals surface area (Å²) in [6, 6.07) is 16.6. The molecule has 3 heteroatoms. The number of benzene rings is 2. The Hall–Kier alpha value is -2.39. The predicted octanol–water partition coefficient (Wildman–Crippen LogP) is 5.23. The molecule has 1 atom stereocenters. The van der Waals surface area contributed by atoms with Crippen LogP contribution in [0.15, 0.2) is 54.6 Å². The average Bonchev–Trinajstić information content (AvgIpc) is 2.69. The maximum absolute atomic E-state index is 12.9. The fourth-order valence-corrected chi connectivity index (χ4v) is 3.69. The van der Waals surface area contributed by atoms with Crippen molar-refractivity contribution in [2.24, 2.45) is 0 Å². The number of nitrogens with zero attached hydrogens (tertiary/aromatic N) is 1. The highest BCUT2D eigenvalue weighted by atomic mass is 16.2. The third kappa shape index (κ3) is 4.48. The van der Waals surface area contributed by atoms with Crippen LogP contribution in [0, 0.1) is 6.92 Å². The van der Waals surface area contributed by atoms with Gasteiger partial charge in [-0.3, -0.25) is 9.69 Å². The van der Waals surface area contributed by atoms with Crippen molar-refractivity contribution in [2.45, 2.75) is 46.1 Å². The third-order valence-electron chi connectivity index (χ3n) is 5.49. The van der Waals surface area contributed by atoms with Crippen molar-refractivity contribution >= 4 is 17.2 Å². The lowest BCUT2D eigenvalue weighted by Crippen LogP contribution is -2.44. The van der Waals surface area contributed by atoms with E-state index >= 15 is 0 Å². The molecule has 27 heavy (non-hydrogen) atoms. The Balaban J connectivity index is 1.68. The maximum atomic E-state index is 12.9. The number of nitrogens with one attached hydrogen (secondary N) is 1. The SMILES string of the molecule is Cc1cccc(C(C)C)c1NC(=O)[C@@H](C)N1CC=C(c2ccccc2)CC1. The van der Waals surface area contributed by atoms with Crippen molar-refractivity contribution in [3.63, 3.8) is 0 Å². The minimum Gasteiger partial charge on any atom is -0.324 e. The van der Waals surface area contributed by atoms with E-state index in [1.807, 2.05) is 13.0 Å². The summed E-state index contributed by atoms with van der Waals surface area (Å²) >= 11 is 0. The fourth-order valence-electron chi connectivity index (χ4n) is 3.69. The van der Waals surface area contributed by atoms with Crippen LogP contribution in [0.4, 0.5) is 5.69 Å². The number of para-hydroxylation sites is 1. The van der Waals surface area contributed by atoms with Crippen molar-refractivity contribution < 1.29 is 4.79 Å². The molecule has 1 aliphatic heterocycles. The summed E-state index contributed by atoms with van der Waals surface area (Å²) < 4.78 is 0. The number of anilines is 1. The molecular weight excluding hydrogens is 332 g/mol. The minimum absolute atomic E-state index is 0.0720. The number of carbonyl (C=O) groups is 1. The molecule has 0 bridgehead atoms. The minimum atomic E-state index is -0.154. The molecule has 3 rings (SSSR count). The summed E-state index contributed by atoms with van der Waals surface area (Å²) in [5.74, 6) is 0.449. The van der Waals surface area contributed by atoms with Gasteiger partial charge >= 0.3 is 0 Å². The second kappa shape index (κ2) is 8.53. The Morgan fingerprint density at radius 3 is 2.41 bits per heavy atom. The van der Waals surface area contributed by atoms with Gasteiger partial charge in [-0.05, 0) is 48.4 Å². The highest BCUT2D eigenvalue weighted by molar-refractivity contribution is 5.96. The molecule has 1 amide bonds. The van der Waals surface area contributed by atoms with Crippen molar-refractivity contribution in [3.8, 4) is 0 Å². The summed E-state index contributed by atoms with van der Waals surface area (Å²) in [4.78, 5) is 15.2. The van der Waals surface area contributed by atoms with E-state index < -0.39 is 0 Å². The normalized spacial score (nSPS) is 16.1. The van der Waals surface area contributed by atoms with E-state index in [0.29, 0.717) is 5.92 Å². The second-order valence-electron chi connectivity index (χ2n) is 7.70. The number of rotatable bonds is 5. The van der Waals surface area contributed by atoms with Gasteiger partial charge in [0.25, 0.3) is 0 Å². The first-order chi connectivity index (χ1) is 13.0. The molecule has 142 valence electrons. The number of carbonyl (C=O) groups excluding carboxylic acids is 1. The molecule has 0 radical (unpaired) electrons. The molecule has 0 fully saturated rings. The molecule has 2 aromatic rings. The van der Waals surface area contributed by atoms with Gasteiger partial charge in [-0.1, -0.05) is 68.5 Å². The first-order valence-corrected chi connectivity index (χ1v) is 9.86. The molecule has 0 spiro atoms. The number of hydrogen-bond donors (Lipinski definition) is 1. The van der Waals surface area contributed by atoms with Crippen LogP contribution in [-0.2, 0) is 4.79 Å². The van der Waals surface area contributed by atoms with Gasteiger partial charge < -0.3 is 5.32 Å². The lowest BCUT2D eigenvalue weighted by molar-refractivity contribution is -0.120. The van der Waals surface area contributed by atoms with Crippen molar-refractivity contribution in [2.75, 3.05) is 18.4 Å². The fraction of sp³-hybridized carbons (Fsp3) is 0.375. The van der Waals surface area contributed by atoms with Crippen molar-refractivity contribution in [1.82, 2.24) is 4.90 Å². The summed E-state index contributed by atoms with van der Waals surface area (Å²) in [5.41, 5.74) is 5.95. The maximum Gasteiger partial charge on any atom is 0.241 e. The topological polar surface area (TPSA) is 32.3 Å². The van der Waals surface area contributed by atoms with Crippen molar-refractivity contribution in [1.29, 1.82) is 0 Å². The van der Waals surface area contributed by atoms with Crippen molar-refractivity contribution in [3.05, 3.63) is 71.3 Å². The number of aryl methyl sites for hydroxylation is 1. The summed E-state index contributed by atoms with van der Waals surface area (Å²) in [6.07, 6.45) is 3.24. The first-order valence-electron chi connectivity index (χ1n) is 9.86. The average molecular weight is 363 g/mol. The van der Waals surface area contributed by atoms with E-state index in [9.17, 15) is 4.79 Å². The molecule has 0 saturated heterocycles. The van der Waals surface area contributed by atoms with Crippen LogP contribution in [0.3, 0.4) is 0 Å². The Morgan fingerprint density at radius 2 is 1.78 bits per heavy atom. The number of hydrogen-bond acceptors (Lipinski definition) is 2. The first kappa shape index (κ1) is 19.4. The Bertz CT molecular complexity index is 824. The highest BCUT2D eigenvalue weighted by Crippen LogP contribution is 2.28. The lowest BCUT2D eigenvalue weighted by Gasteiger charge is -2.31. The largest absolute Gasteiger partial charge is 0.324 e. The van der Waals surface area contributed by atoms with Crippen LogP contribution >= 0.6 is 0 Å². The molecule has 1 aliphatic rings. The Labute approximate surface area is 163 Å². The smallest absolute Gasteiger partial charge is 0.241 e. The molecule has 1 N–H and O–H groups in total. The van der Waals surface area contributed by atoms with E-state index in [0.717, 1.165) is 30.8 Å². The molecule has 3 nitrogen and oxygen atoms in total. The standard InChI is InChI=1S/C24H30N2O/c1-17(2)22-12-8-9-18(3)23(22)25-24(27)19(4)26-15-13-21(14-16-26)20-10-6-5-7-11-20/h5-13,17,19H,14-16H2,1-4H3,(H,25,27)/t19-/m1/s1. The molecule has 0 aliphatic carbocycles. The van der Waals surface area contributed by atoms with Gasteiger partial charge in [-0.15, -0.1) is 0 Å². The third-order valence-corrected chi connectivity index (χ3v) is 5.49. The zero-order valence-corrected chi connectivity index (χ0v) is 16.8. The van der Waals surface area contributed by atoms with Gasteiger partial charge in [0.2, 0.25) is 5.91 Å². The molecule has 0 aromatic heterocycles.